The summed E-state index contributed by atoms with van der Waals surface area (Å²) in [5.74, 6) is 0.436. The highest BCUT2D eigenvalue weighted by Gasteiger charge is 2.20. The van der Waals surface area contributed by atoms with Crippen molar-refractivity contribution in [1.29, 1.82) is 0 Å². The van der Waals surface area contributed by atoms with E-state index < -0.39 is 0 Å². The van der Waals surface area contributed by atoms with Gasteiger partial charge in [-0.1, -0.05) is 0 Å². The zero-order valence-electron chi connectivity index (χ0n) is 11.3. The van der Waals surface area contributed by atoms with Crippen molar-refractivity contribution in [1.82, 2.24) is 10.2 Å². The molecule has 1 aliphatic rings. The third-order valence-electron chi connectivity index (χ3n) is 3.16. The summed E-state index contributed by atoms with van der Waals surface area (Å²) >= 11 is 0. The van der Waals surface area contributed by atoms with Crippen molar-refractivity contribution >= 4 is 17.5 Å². The van der Waals surface area contributed by atoms with Crippen molar-refractivity contribution in [2.45, 2.75) is 6.42 Å². The summed E-state index contributed by atoms with van der Waals surface area (Å²) in [6.45, 7) is 1.84. The highest BCUT2D eigenvalue weighted by atomic mass is 16.2. The lowest BCUT2D eigenvalue weighted by molar-refractivity contribution is -0.117. The zero-order valence-corrected chi connectivity index (χ0v) is 11.3. The van der Waals surface area contributed by atoms with Crippen molar-refractivity contribution in [3.63, 3.8) is 0 Å². The maximum absolute atomic E-state index is 11.7. The third kappa shape index (κ3) is 3.54. The van der Waals surface area contributed by atoms with Crippen LogP contribution in [-0.2, 0) is 4.79 Å². The molecule has 0 unspecified atom stereocenters. The van der Waals surface area contributed by atoms with E-state index in [2.05, 4.69) is 10.6 Å². The van der Waals surface area contributed by atoms with Gasteiger partial charge in [0.05, 0.1) is 0 Å². The summed E-state index contributed by atoms with van der Waals surface area (Å²) in [7, 11) is 3.43. The van der Waals surface area contributed by atoms with E-state index in [1.165, 1.54) is 4.90 Å². The van der Waals surface area contributed by atoms with Crippen LogP contribution in [0.3, 0.4) is 0 Å². The van der Waals surface area contributed by atoms with Crippen LogP contribution in [0.25, 0.3) is 0 Å². The fourth-order valence-corrected chi connectivity index (χ4v) is 1.92. The molecule has 0 saturated carbocycles. The Morgan fingerprint density at radius 2 is 1.89 bits per heavy atom. The molecule has 1 saturated heterocycles. The lowest BCUT2D eigenvalue weighted by Gasteiger charge is -2.26. The minimum atomic E-state index is -0.0431. The van der Waals surface area contributed by atoms with E-state index in [1.807, 2.05) is 0 Å². The van der Waals surface area contributed by atoms with E-state index in [0.29, 0.717) is 17.9 Å². The molecular formula is C14H19N3O2. The number of nitrogens with one attached hydrogen (secondary N) is 2. The minimum absolute atomic E-state index is 0.0261. The lowest BCUT2D eigenvalue weighted by Crippen LogP contribution is -2.43. The first-order chi connectivity index (χ1) is 9.06. The smallest absolute Gasteiger partial charge is 0.253 e. The first kappa shape index (κ1) is 13.5. The average Bonchev–Trinajstić information content (AvgIpc) is 2.34. The minimum Gasteiger partial charge on any atom is -0.345 e. The van der Waals surface area contributed by atoms with E-state index in [9.17, 15) is 9.59 Å². The maximum atomic E-state index is 11.7. The molecule has 0 aromatic heterocycles. The van der Waals surface area contributed by atoms with Crippen LogP contribution in [0.4, 0.5) is 5.69 Å². The van der Waals surface area contributed by atoms with Gasteiger partial charge in [0.25, 0.3) is 5.91 Å². The molecular weight excluding hydrogens is 242 g/mol. The second kappa shape index (κ2) is 5.84. The molecule has 1 fully saturated rings. The van der Waals surface area contributed by atoms with Gasteiger partial charge in [0.1, 0.15) is 0 Å². The Balaban J connectivity index is 1.90. The Bertz CT molecular complexity index is 464. The highest BCUT2D eigenvalue weighted by Crippen LogP contribution is 2.13. The monoisotopic (exact) mass is 261 g/mol. The molecule has 0 spiro atoms. The molecule has 2 amide bonds. The number of carbonyl (C=O) groups excluding carboxylic acids is 2. The summed E-state index contributed by atoms with van der Waals surface area (Å²) < 4.78 is 0. The zero-order chi connectivity index (χ0) is 13.8. The van der Waals surface area contributed by atoms with Crippen LogP contribution in [0.15, 0.2) is 24.3 Å². The lowest BCUT2D eigenvalue weighted by atomic mass is 9.99. The standard InChI is InChI=1S/C14H19N3O2/c1-17(2)14(19)11-3-5-12(6-4-11)16-13(18)7-10-8-15-9-10/h3-6,10,15H,7-9H2,1-2H3,(H,16,18). The summed E-state index contributed by atoms with van der Waals surface area (Å²) in [4.78, 5) is 25.0. The Morgan fingerprint density at radius 1 is 1.26 bits per heavy atom. The normalized spacial score (nSPS) is 14.6. The molecule has 2 N–H and O–H groups in total. The van der Waals surface area contributed by atoms with Crippen LogP contribution >= 0.6 is 0 Å². The highest BCUT2D eigenvalue weighted by molar-refractivity contribution is 5.95. The number of amides is 2. The van der Waals surface area contributed by atoms with Crippen LogP contribution in [0, 0.1) is 5.92 Å². The second-order valence-corrected chi connectivity index (χ2v) is 5.05. The molecule has 0 bridgehead atoms. The van der Waals surface area contributed by atoms with Crippen LogP contribution in [0.1, 0.15) is 16.8 Å². The fraction of sp³-hybridized carbons (Fsp3) is 0.429. The van der Waals surface area contributed by atoms with Crippen LogP contribution in [0.5, 0.6) is 0 Å². The number of carbonyl (C=O) groups is 2. The predicted octanol–water partition coefficient (Wildman–Crippen LogP) is 0.936. The average molecular weight is 261 g/mol. The third-order valence-corrected chi connectivity index (χ3v) is 3.16. The fourth-order valence-electron chi connectivity index (χ4n) is 1.92. The number of hydrogen-bond donors (Lipinski definition) is 2. The quantitative estimate of drug-likeness (QED) is 0.848. The van der Waals surface area contributed by atoms with Crippen molar-refractivity contribution in [3.05, 3.63) is 29.8 Å². The molecule has 1 aliphatic heterocycles. The molecule has 5 heteroatoms. The number of nitrogens with zero attached hydrogens (tertiary/aromatic N) is 1. The second-order valence-electron chi connectivity index (χ2n) is 5.05. The Morgan fingerprint density at radius 3 is 2.37 bits per heavy atom. The van der Waals surface area contributed by atoms with Gasteiger partial charge in [-0.25, -0.2) is 0 Å². The summed E-state index contributed by atoms with van der Waals surface area (Å²) in [6.07, 6.45) is 0.547. The van der Waals surface area contributed by atoms with Crippen molar-refractivity contribution in [2.75, 3.05) is 32.5 Å². The molecule has 1 aromatic rings. The Kier molecular flexibility index (Phi) is 4.16. The van der Waals surface area contributed by atoms with Crippen molar-refractivity contribution in [3.8, 4) is 0 Å². The summed E-state index contributed by atoms with van der Waals surface area (Å²) in [5.41, 5.74) is 1.35. The van der Waals surface area contributed by atoms with E-state index in [4.69, 9.17) is 0 Å². The molecule has 102 valence electrons. The molecule has 5 nitrogen and oxygen atoms in total. The molecule has 0 radical (unpaired) electrons. The van der Waals surface area contributed by atoms with Crippen molar-refractivity contribution < 1.29 is 9.59 Å². The predicted molar refractivity (Wildman–Crippen MR) is 74.1 cm³/mol. The van der Waals surface area contributed by atoms with E-state index in [0.717, 1.165) is 18.8 Å². The Hall–Kier alpha value is -1.88. The topological polar surface area (TPSA) is 61.4 Å². The van der Waals surface area contributed by atoms with Gasteiger partial charge < -0.3 is 15.5 Å². The molecule has 2 rings (SSSR count). The number of anilines is 1. The number of hydrogen-bond acceptors (Lipinski definition) is 3. The van der Waals surface area contributed by atoms with Gasteiger partial charge in [-0.05, 0) is 43.3 Å². The van der Waals surface area contributed by atoms with E-state index >= 15 is 0 Å². The van der Waals surface area contributed by atoms with Gasteiger partial charge in [-0.2, -0.15) is 0 Å². The number of rotatable bonds is 4. The SMILES string of the molecule is CN(C)C(=O)c1ccc(NC(=O)CC2CNC2)cc1. The van der Waals surface area contributed by atoms with Gasteiger partial charge in [0, 0.05) is 31.8 Å². The Labute approximate surface area is 113 Å². The van der Waals surface area contributed by atoms with Gasteiger partial charge in [-0.15, -0.1) is 0 Å². The van der Waals surface area contributed by atoms with Gasteiger partial charge in [0.2, 0.25) is 5.91 Å². The van der Waals surface area contributed by atoms with E-state index in [-0.39, 0.29) is 11.8 Å². The summed E-state index contributed by atoms with van der Waals surface area (Å²) in [5, 5.41) is 5.98. The molecule has 19 heavy (non-hydrogen) atoms. The van der Waals surface area contributed by atoms with E-state index in [1.54, 1.807) is 38.4 Å². The van der Waals surface area contributed by atoms with Gasteiger partial charge in [0.15, 0.2) is 0 Å². The number of benzene rings is 1. The largest absolute Gasteiger partial charge is 0.345 e. The van der Waals surface area contributed by atoms with Crippen LogP contribution in [0.2, 0.25) is 0 Å². The maximum Gasteiger partial charge on any atom is 0.253 e. The van der Waals surface area contributed by atoms with Crippen LogP contribution in [-0.4, -0.2) is 43.9 Å². The molecule has 1 aromatic carbocycles. The first-order valence-electron chi connectivity index (χ1n) is 6.38. The van der Waals surface area contributed by atoms with Crippen molar-refractivity contribution in [2.24, 2.45) is 5.92 Å². The van der Waals surface area contributed by atoms with Gasteiger partial charge >= 0.3 is 0 Å². The van der Waals surface area contributed by atoms with Gasteiger partial charge in [-0.3, -0.25) is 9.59 Å². The summed E-state index contributed by atoms with van der Waals surface area (Å²) in [6, 6.07) is 6.97. The molecule has 1 heterocycles. The first-order valence-corrected chi connectivity index (χ1v) is 6.38. The molecule has 0 aliphatic carbocycles. The van der Waals surface area contributed by atoms with Crippen LogP contribution < -0.4 is 10.6 Å². The molecule has 0 atom stereocenters.